The van der Waals surface area contributed by atoms with Gasteiger partial charge >= 0.3 is 0 Å². The second-order valence-electron chi connectivity index (χ2n) is 4.74. The molecular weight excluding hydrogens is 248 g/mol. The van der Waals surface area contributed by atoms with E-state index < -0.39 is 0 Å². The molecule has 0 aliphatic rings. The SMILES string of the molecule is COc1cnn(C(C)C)c1C(CSC(C)C)NN. The molecular formula is C12H24N4OS. The first-order valence-corrected chi connectivity index (χ1v) is 7.25. The van der Waals surface area contributed by atoms with Crippen LogP contribution in [0.15, 0.2) is 6.20 Å². The van der Waals surface area contributed by atoms with E-state index in [1.165, 1.54) is 0 Å². The summed E-state index contributed by atoms with van der Waals surface area (Å²) in [5.41, 5.74) is 3.88. The van der Waals surface area contributed by atoms with Crippen LogP contribution in [0.2, 0.25) is 0 Å². The molecule has 0 spiro atoms. The van der Waals surface area contributed by atoms with Crippen LogP contribution in [-0.4, -0.2) is 27.9 Å². The molecule has 1 aromatic rings. The first-order valence-electron chi connectivity index (χ1n) is 6.20. The van der Waals surface area contributed by atoms with E-state index in [0.717, 1.165) is 17.2 Å². The Morgan fingerprint density at radius 3 is 2.56 bits per heavy atom. The van der Waals surface area contributed by atoms with E-state index in [0.29, 0.717) is 5.25 Å². The summed E-state index contributed by atoms with van der Waals surface area (Å²) in [5.74, 6) is 7.36. The minimum Gasteiger partial charge on any atom is -0.493 e. The van der Waals surface area contributed by atoms with Gasteiger partial charge in [0.15, 0.2) is 5.75 Å². The van der Waals surface area contributed by atoms with Crippen molar-refractivity contribution in [3.63, 3.8) is 0 Å². The molecule has 0 radical (unpaired) electrons. The minimum absolute atomic E-state index is 0.0391. The van der Waals surface area contributed by atoms with Crippen molar-refractivity contribution < 1.29 is 4.74 Å². The number of hydrazine groups is 1. The van der Waals surface area contributed by atoms with Crippen LogP contribution in [0.1, 0.15) is 45.5 Å². The van der Waals surface area contributed by atoms with Gasteiger partial charge in [-0.15, -0.1) is 0 Å². The highest BCUT2D eigenvalue weighted by Gasteiger charge is 2.22. The fourth-order valence-electron chi connectivity index (χ4n) is 1.75. The Hall–Kier alpha value is -0.720. The van der Waals surface area contributed by atoms with Crippen LogP contribution >= 0.6 is 11.8 Å². The van der Waals surface area contributed by atoms with E-state index in [1.807, 2.05) is 16.4 Å². The van der Waals surface area contributed by atoms with Gasteiger partial charge in [0.25, 0.3) is 0 Å². The van der Waals surface area contributed by atoms with Gasteiger partial charge in [-0.05, 0) is 19.1 Å². The van der Waals surface area contributed by atoms with Gasteiger partial charge in [0.2, 0.25) is 0 Å². The Kier molecular flexibility index (Phi) is 5.98. The van der Waals surface area contributed by atoms with E-state index in [-0.39, 0.29) is 12.1 Å². The Balaban J connectivity index is 2.98. The Morgan fingerprint density at radius 2 is 2.11 bits per heavy atom. The summed E-state index contributed by atoms with van der Waals surface area (Å²) < 4.78 is 7.34. The molecule has 104 valence electrons. The van der Waals surface area contributed by atoms with Crippen LogP contribution in [-0.2, 0) is 0 Å². The summed E-state index contributed by atoms with van der Waals surface area (Å²) in [6.45, 7) is 8.54. The third-order valence-corrected chi connectivity index (χ3v) is 3.83. The third-order valence-electron chi connectivity index (χ3n) is 2.64. The maximum Gasteiger partial charge on any atom is 0.161 e. The molecule has 0 amide bonds. The molecule has 1 unspecified atom stereocenters. The van der Waals surface area contributed by atoms with Crippen LogP contribution in [0.3, 0.4) is 0 Å². The van der Waals surface area contributed by atoms with E-state index >= 15 is 0 Å². The normalized spacial score (nSPS) is 13.3. The average Bonchev–Trinajstić information content (AvgIpc) is 2.73. The molecule has 0 fully saturated rings. The number of methoxy groups -OCH3 is 1. The topological polar surface area (TPSA) is 65.1 Å². The van der Waals surface area contributed by atoms with Crippen LogP contribution in [0.5, 0.6) is 5.75 Å². The standard InChI is InChI=1S/C12H24N4OS/c1-8(2)16-12(11(17-5)6-14-16)10(15-13)7-18-9(3)4/h6,8-10,15H,7,13H2,1-5H3. The molecule has 6 heteroatoms. The lowest BCUT2D eigenvalue weighted by molar-refractivity contribution is 0.391. The first kappa shape index (κ1) is 15.3. The fraction of sp³-hybridized carbons (Fsp3) is 0.750. The molecule has 1 heterocycles. The molecule has 0 aromatic carbocycles. The highest BCUT2D eigenvalue weighted by atomic mass is 32.2. The summed E-state index contributed by atoms with van der Waals surface area (Å²) in [5, 5.41) is 4.94. The predicted molar refractivity (Wildman–Crippen MR) is 76.8 cm³/mol. The first-order chi connectivity index (χ1) is 8.51. The van der Waals surface area contributed by atoms with Gasteiger partial charge < -0.3 is 4.74 Å². The number of hydrogen-bond donors (Lipinski definition) is 2. The molecule has 0 bridgehead atoms. The quantitative estimate of drug-likeness (QED) is 0.588. The van der Waals surface area contributed by atoms with Crippen molar-refractivity contribution in [1.29, 1.82) is 0 Å². The number of nitrogens with zero attached hydrogens (tertiary/aromatic N) is 2. The molecule has 1 aromatic heterocycles. The molecule has 0 saturated carbocycles. The zero-order valence-electron chi connectivity index (χ0n) is 11.8. The fourth-order valence-corrected chi connectivity index (χ4v) is 2.58. The smallest absolute Gasteiger partial charge is 0.161 e. The molecule has 1 rings (SSSR count). The molecule has 5 nitrogen and oxygen atoms in total. The van der Waals surface area contributed by atoms with Crippen molar-refractivity contribution in [2.24, 2.45) is 5.84 Å². The largest absolute Gasteiger partial charge is 0.493 e. The van der Waals surface area contributed by atoms with E-state index in [1.54, 1.807) is 13.3 Å². The number of nitrogens with two attached hydrogens (primary N) is 1. The zero-order valence-corrected chi connectivity index (χ0v) is 12.6. The van der Waals surface area contributed by atoms with Crippen molar-refractivity contribution in [2.75, 3.05) is 12.9 Å². The zero-order chi connectivity index (χ0) is 13.7. The third kappa shape index (κ3) is 3.63. The van der Waals surface area contributed by atoms with Gasteiger partial charge in [-0.3, -0.25) is 16.0 Å². The lowest BCUT2D eigenvalue weighted by Gasteiger charge is -2.21. The van der Waals surface area contributed by atoms with Gasteiger partial charge in [-0.1, -0.05) is 13.8 Å². The minimum atomic E-state index is 0.0391. The van der Waals surface area contributed by atoms with Crippen molar-refractivity contribution in [1.82, 2.24) is 15.2 Å². The number of thioether (sulfide) groups is 1. The van der Waals surface area contributed by atoms with Gasteiger partial charge in [0.1, 0.15) is 0 Å². The molecule has 1 atom stereocenters. The lowest BCUT2D eigenvalue weighted by Crippen LogP contribution is -2.32. The average molecular weight is 272 g/mol. The number of aromatic nitrogens is 2. The molecule has 0 aliphatic heterocycles. The Labute approximate surface area is 113 Å². The summed E-state index contributed by atoms with van der Waals surface area (Å²) in [7, 11) is 1.66. The van der Waals surface area contributed by atoms with E-state index in [2.05, 4.69) is 38.2 Å². The van der Waals surface area contributed by atoms with Crippen molar-refractivity contribution in [3.8, 4) is 5.75 Å². The monoisotopic (exact) mass is 272 g/mol. The molecule has 18 heavy (non-hydrogen) atoms. The molecule has 0 aliphatic carbocycles. The van der Waals surface area contributed by atoms with Crippen LogP contribution < -0.4 is 16.0 Å². The Bertz CT molecular complexity index is 365. The van der Waals surface area contributed by atoms with Gasteiger partial charge in [0, 0.05) is 11.8 Å². The second-order valence-corrected chi connectivity index (χ2v) is 6.35. The summed E-state index contributed by atoms with van der Waals surface area (Å²) in [6, 6.07) is 0.320. The summed E-state index contributed by atoms with van der Waals surface area (Å²) in [6.07, 6.45) is 1.75. The lowest BCUT2D eigenvalue weighted by atomic mass is 10.2. The van der Waals surface area contributed by atoms with Crippen LogP contribution in [0, 0.1) is 0 Å². The van der Waals surface area contributed by atoms with Gasteiger partial charge in [-0.25, -0.2) is 0 Å². The number of ether oxygens (including phenoxy) is 1. The predicted octanol–water partition coefficient (Wildman–Crippen LogP) is 2.12. The number of nitrogens with one attached hydrogen (secondary N) is 1. The van der Waals surface area contributed by atoms with Gasteiger partial charge in [0.05, 0.1) is 25.0 Å². The van der Waals surface area contributed by atoms with Crippen LogP contribution in [0.25, 0.3) is 0 Å². The summed E-state index contributed by atoms with van der Waals surface area (Å²) >= 11 is 1.86. The number of hydrogen-bond acceptors (Lipinski definition) is 5. The maximum absolute atomic E-state index is 5.68. The van der Waals surface area contributed by atoms with Crippen molar-refractivity contribution in [2.45, 2.75) is 45.0 Å². The van der Waals surface area contributed by atoms with Gasteiger partial charge in [-0.2, -0.15) is 16.9 Å². The Morgan fingerprint density at radius 1 is 1.44 bits per heavy atom. The molecule has 3 N–H and O–H groups in total. The van der Waals surface area contributed by atoms with E-state index in [4.69, 9.17) is 10.6 Å². The number of rotatable bonds is 7. The highest BCUT2D eigenvalue weighted by Crippen LogP contribution is 2.30. The summed E-state index contributed by atoms with van der Waals surface area (Å²) in [4.78, 5) is 0. The van der Waals surface area contributed by atoms with E-state index in [9.17, 15) is 0 Å². The van der Waals surface area contributed by atoms with Crippen molar-refractivity contribution >= 4 is 11.8 Å². The maximum atomic E-state index is 5.68. The highest BCUT2D eigenvalue weighted by molar-refractivity contribution is 7.99. The van der Waals surface area contributed by atoms with Crippen molar-refractivity contribution in [3.05, 3.63) is 11.9 Å². The van der Waals surface area contributed by atoms with Crippen LogP contribution in [0.4, 0.5) is 0 Å². The second kappa shape index (κ2) is 7.01. The molecule has 0 saturated heterocycles.